The Morgan fingerprint density at radius 2 is 0.588 bits per heavy atom. The van der Waals surface area contributed by atoms with E-state index in [0.29, 0.717) is 79.0 Å². The van der Waals surface area contributed by atoms with Crippen LogP contribution in [0.15, 0.2) is 297 Å². The Bertz CT molecular complexity index is 5930. The van der Waals surface area contributed by atoms with Crippen LogP contribution in [0.3, 0.4) is 0 Å². The van der Waals surface area contributed by atoms with Gasteiger partial charge in [-0.1, -0.05) is 229 Å². The van der Waals surface area contributed by atoms with Gasteiger partial charge in [0, 0.05) is 176 Å². The Morgan fingerprint density at radius 3 is 0.868 bits per heavy atom. The van der Waals surface area contributed by atoms with E-state index >= 15 is 0 Å². The Morgan fingerprint density at radius 1 is 0.316 bits per heavy atom. The van der Waals surface area contributed by atoms with Crippen molar-refractivity contribution in [3.8, 4) is 44.5 Å². The summed E-state index contributed by atoms with van der Waals surface area (Å²) in [6.07, 6.45) is 18.0. The smallest absolute Gasteiger partial charge is 0.255 e. The van der Waals surface area contributed by atoms with Crippen molar-refractivity contribution < 1.29 is 42.5 Å². The topological polar surface area (TPSA) is 209 Å². The Hall–Kier alpha value is -11.6. The molecule has 12 aromatic rings. The number of aromatic nitrogens is 3. The number of methoxy groups -OCH3 is 2. The van der Waals surface area contributed by atoms with Gasteiger partial charge < -0.3 is 34.4 Å². The Kier molecular flexibility index (Phi) is 31.6. The van der Waals surface area contributed by atoms with Gasteiger partial charge in [0.25, 0.3) is 17.7 Å². The van der Waals surface area contributed by atoms with Gasteiger partial charge in [-0.3, -0.25) is 48.9 Å². The van der Waals surface area contributed by atoms with Crippen molar-refractivity contribution in [2.45, 2.75) is 163 Å². The minimum absolute atomic E-state index is 0.0472. The first kappa shape index (κ1) is 96.1. The summed E-state index contributed by atoms with van der Waals surface area (Å²) in [5.41, 5.74) is 22.7. The Balaban J connectivity index is 0.000000126. The summed E-state index contributed by atoms with van der Waals surface area (Å²) in [7, 11) is -0.0144. The SMILES string of the molecule is COC[C@@H]1[C@@H](c2ccc(-c3cccc(C)c3)cc2)[C@@H]2CN(S(=O)(=O)c3cccc(C)c3)CCCCN12.COC[C@@H]1[C@H](c2ccc(-c3cccc(C)c3)cc2)[C@H]2CN(C(=O)c3cccnc3)CCCCN12.Cc1cccc(-c2ccc([C@@H]3[C@@H](CO)N4CCCCN(C(=O)c5cccnc5)C[C@@H]34)cc2)c1.Cc1cccc(-c2ccc([C@@H]3[C@H]4CN(C(=O)c5cccnc5)CCCCN4[C@H]3CO)cc2)c1. The molecule has 0 spiro atoms. The fourth-order valence-electron chi connectivity index (χ4n) is 22.6. The number of sulfonamides is 1. The molecule has 8 fully saturated rings. The number of ether oxygens (including phenoxy) is 2. The number of aliphatic hydroxyl groups is 2. The van der Waals surface area contributed by atoms with Crippen LogP contribution in [0.1, 0.15) is 156 Å². The fraction of sp³-hybridized carbons (Fsp3) is 0.374. The molecule has 0 saturated carbocycles. The highest BCUT2D eigenvalue weighted by atomic mass is 32.2. The van der Waals surface area contributed by atoms with Gasteiger partial charge >= 0.3 is 0 Å². The molecule has 3 amide bonds. The van der Waals surface area contributed by atoms with E-state index in [1.165, 1.54) is 89.0 Å². The van der Waals surface area contributed by atoms with E-state index in [4.69, 9.17) is 9.47 Å². The summed E-state index contributed by atoms with van der Waals surface area (Å²) in [6, 6.07) is 89.6. The molecule has 20 rings (SSSR count). The first-order valence-corrected chi connectivity index (χ1v) is 50.3. The molecule has 0 aliphatic carbocycles. The highest BCUT2D eigenvalue weighted by Crippen LogP contribution is 2.48. The van der Waals surface area contributed by atoms with Crippen LogP contribution in [0.4, 0.5) is 0 Å². The van der Waals surface area contributed by atoms with Crippen molar-refractivity contribution in [1.29, 1.82) is 0 Å². The van der Waals surface area contributed by atoms with Crippen molar-refractivity contribution in [2.75, 3.05) is 119 Å². The number of carbonyl (C=O) groups excluding carboxylic acids is 3. The normalized spacial score (nSPS) is 23.2. The van der Waals surface area contributed by atoms with Gasteiger partial charge in [0.2, 0.25) is 10.0 Å². The van der Waals surface area contributed by atoms with Gasteiger partial charge in [-0.15, -0.1) is 0 Å². The largest absolute Gasteiger partial charge is 0.395 e. The molecule has 20 nitrogen and oxygen atoms in total. The summed E-state index contributed by atoms with van der Waals surface area (Å²) in [6.45, 7) is 21.5. The van der Waals surface area contributed by atoms with Crippen LogP contribution in [0, 0.1) is 34.6 Å². The predicted molar refractivity (Wildman–Crippen MR) is 540 cm³/mol. The number of rotatable bonds is 19. The number of pyridine rings is 3. The molecular weight excluding hydrogens is 1710 g/mol. The van der Waals surface area contributed by atoms with Crippen LogP contribution in [0.25, 0.3) is 44.5 Å². The molecule has 3 aromatic heterocycles. The molecule has 8 aliphatic heterocycles. The molecule has 9 aromatic carbocycles. The molecule has 0 bridgehead atoms. The molecule has 0 unspecified atom stereocenters. The van der Waals surface area contributed by atoms with E-state index in [1.807, 2.05) is 70.2 Å². The van der Waals surface area contributed by atoms with E-state index in [-0.39, 0.29) is 84.9 Å². The van der Waals surface area contributed by atoms with E-state index in [1.54, 1.807) is 67.8 Å². The molecular formula is C115H131N11O9S. The molecule has 12 atom stereocenters. The fourth-order valence-corrected chi connectivity index (χ4v) is 24.2. The van der Waals surface area contributed by atoms with E-state index < -0.39 is 10.0 Å². The molecule has 2 N–H and O–H groups in total. The minimum atomic E-state index is -3.55. The predicted octanol–water partition coefficient (Wildman–Crippen LogP) is 18.3. The monoisotopic (exact) mass is 1840 g/mol. The third-order valence-electron chi connectivity index (χ3n) is 29.5. The van der Waals surface area contributed by atoms with Crippen molar-refractivity contribution in [3.05, 3.63) is 359 Å². The van der Waals surface area contributed by atoms with E-state index in [0.717, 1.165) is 109 Å². The number of aliphatic hydroxyl groups excluding tert-OH is 2. The number of fused-ring (bicyclic) bond motifs is 4. The molecule has 21 heteroatoms. The number of carbonyl (C=O) groups is 3. The van der Waals surface area contributed by atoms with Crippen LogP contribution in [-0.4, -0.2) is 257 Å². The summed E-state index contributed by atoms with van der Waals surface area (Å²) in [5, 5.41) is 20.4. The molecule has 136 heavy (non-hydrogen) atoms. The zero-order valence-corrected chi connectivity index (χ0v) is 80.5. The highest BCUT2D eigenvalue weighted by molar-refractivity contribution is 7.89. The van der Waals surface area contributed by atoms with Crippen molar-refractivity contribution >= 4 is 27.7 Å². The first-order valence-electron chi connectivity index (χ1n) is 48.9. The summed E-state index contributed by atoms with van der Waals surface area (Å²) in [4.78, 5) is 68.3. The molecule has 0 radical (unpaired) electrons. The lowest BCUT2D eigenvalue weighted by atomic mass is 9.74. The van der Waals surface area contributed by atoms with Crippen LogP contribution in [-0.2, 0) is 19.5 Å². The van der Waals surface area contributed by atoms with Gasteiger partial charge in [0.15, 0.2) is 0 Å². The zero-order chi connectivity index (χ0) is 94.4. The average Bonchev–Trinajstić information content (AvgIpc) is 0.758. The summed E-state index contributed by atoms with van der Waals surface area (Å²) < 4.78 is 40.3. The molecule has 8 aliphatic rings. The van der Waals surface area contributed by atoms with Crippen LogP contribution in [0.5, 0.6) is 0 Å². The lowest BCUT2D eigenvalue weighted by Crippen LogP contribution is -2.68. The van der Waals surface area contributed by atoms with Gasteiger partial charge in [0.1, 0.15) is 0 Å². The quantitative estimate of drug-likeness (QED) is 0.0771. The second-order valence-corrected chi connectivity index (χ2v) is 40.3. The number of amides is 3. The average molecular weight is 1840 g/mol. The van der Waals surface area contributed by atoms with Gasteiger partial charge in [-0.2, -0.15) is 4.31 Å². The summed E-state index contributed by atoms with van der Waals surface area (Å²) >= 11 is 0. The lowest BCUT2D eigenvalue weighted by Gasteiger charge is -2.57. The Labute approximate surface area is 804 Å². The maximum Gasteiger partial charge on any atom is 0.255 e. The minimum Gasteiger partial charge on any atom is -0.395 e. The van der Waals surface area contributed by atoms with Crippen LogP contribution >= 0.6 is 0 Å². The number of aryl methyl sites for hydroxylation is 5. The second kappa shape index (κ2) is 44.7. The second-order valence-electron chi connectivity index (χ2n) is 38.3. The van der Waals surface area contributed by atoms with E-state index in [9.17, 15) is 33.0 Å². The standard InChI is InChI=1S/C30H36N2O3S.C29H33N3O2.2C28H31N3O2/c1-22-8-6-10-26(18-22)24-12-14-25(15-13-24)30-28-20-31(16-4-5-17-32(28)29(30)21-35-3)36(33,34)27-11-7-9-23(2)19-27;1-21-7-5-8-24(17-21)22-10-12-23(13-11-22)28-26-19-31(29(33)25-9-6-14-30-18-25)15-3-4-16-32(26)27(28)20-34-2;2*1-20-6-4-7-23(16-20)21-9-11-22(12-10-21)27-25-18-30(28(33)24-8-5-13-29-17-24)14-2-3-15-31(25)26(27)19-32/h6-15,18-19,28-30H,4-5,16-17,20-21H2,1-3H3;5-14,17-18,26-28H,3-4,15-16,19-20H2,1-2H3;2*4-13,16-17,25-27,32H,2-3,14-15,18-19H2,1H3/t28-,29+,30-;26-,27-,28-;2*25-,26+,27-/m0110/s1. The van der Waals surface area contributed by atoms with Crippen molar-refractivity contribution in [1.82, 2.24) is 53.6 Å². The maximum atomic E-state index is 13.6. The van der Waals surface area contributed by atoms with Gasteiger partial charge in [0.05, 0.1) is 48.0 Å². The highest BCUT2D eigenvalue weighted by Gasteiger charge is 2.54. The molecule has 8 saturated heterocycles. The third-order valence-corrected chi connectivity index (χ3v) is 31.4. The van der Waals surface area contributed by atoms with Crippen LogP contribution in [0.2, 0.25) is 0 Å². The number of hydrogen-bond donors (Lipinski definition) is 2. The number of nitrogens with zero attached hydrogens (tertiary/aromatic N) is 11. The van der Waals surface area contributed by atoms with Gasteiger partial charge in [-0.05, 0) is 233 Å². The lowest BCUT2D eigenvalue weighted by molar-refractivity contribution is -0.0680. The van der Waals surface area contributed by atoms with Crippen molar-refractivity contribution in [3.63, 3.8) is 0 Å². The van der Waals surface area contributed by atoms with Crippen LogP contribution < -0.4 is 0 Å². The number of benzene rings is 9. The number of hydrogen-bond acceptors (Lipinski definition) is 16. The molecule has 11 heterocycles. The summed E-state index contributed by atoms with van der Waals surface area (Å²) in [5.74, 6) is 1.17. The third kappa shape index (κ3) is 21.7. The zero-order valence-electron chi connectivity index (χ0n) is 79.7. The van der Waals surface area contributed by atoms with E-state index in [2.05, 4.69) is 256 Å². The van der Waals surface area contributed by atoms with Gasteiger partial charge in [-0.25, -0.2) is 8.42 Å². The first-order chi connectivity index (χ1) is 66.3. The van der Waals surface area contributed by atoms with Crippen molar-refractivity contribution in [2.24, 2.45) is 0 Å². The maximum absolute atomic E-state index is 13.6. The molecule has 706 valence electrons.